The average Bonchev–Trinajstić information content (AvgIpc) is 3.05. The summed E-state index contributed by atoms with van der Waals surface area (Å²) < 4.78 is 0. The Morgan fingerprint density at radius 3 is 2.50 bits per heavy atom. The number of fused-ring (bicyclic) bond motifs is 1. The van der Waals surface area contributed by atoms with Crippen LogP contribution in [0.2, 0.25) is 0 Å². The summed E-state index contributed by atoms with van der Waals surface area (Å²) in [5.74, 6) is 1.01. The van der Waals surface area contributed by atoms with Gasteiger partial charge >= 0.3 is 0 Å². The number of hydrogen-bond donors (Lipinski definition) is 2. The molecular weight excluding hydrogens is 302 g/mol. The van der Waals surface area contributed by atoms with Crippen LogP contribution in [-0.4, -0.2) is 39.6 Å². The zero-order chi connectivity index (χ0) is 16.9. The normalized spacial score (nSPS) is 55.2. The molecule has 0 aromatic carbocycles. The fourth-order valence-corrected chi connectivity index (χ4v) is 7.28. The quantitative estimate of drug-likeness (QED) is 0.804. The van der Waals surface area contributed by atoms with Crippen molar-refractivity contribution in [2.45, 2.75) is 82.0 Å². The van der Waals surface area contributed by atoms with Crippen LogP contribution in [-0.2, 0) is 4.79 Å². The van der Waals surface area contributed by atoms with E-state index in [1.54, 1.807) is 0 Å². The lowest BCUT2D eigenvalue weighted by molar-refractivity contribution is -0.177. The van der Waals surface area contributed by atoms with Crippen molar-refractivity contribution in [3.05, 3.63) is 0 Å². The van der Waals surface area contributed by atoms with E-state index < -0.39 is 11.6 Å². The van der Waals surface area contributed by atoms with Crippen molar-refractivity contribution in [2.24, 2.45) is 28.4 Å². The van der Waals surface area contributed by atoms with Gasteiger partial charge in [0.1, 0.15) is 6.04 Å². The highest BCUT2D eigenvalue weighted by Crippen LogP contribution is 2.64. The summed E-state index contributed by atoms with van der Waals surface area (Å²) in [6.07, 6.45) is 7.38. The maximum atomic E-state index is 13.3. The first-order valence-corrected chi connectivity index (χ1v) is 9.47. The number of likely N-dealkylation sites (tertiary alicyclic amines) is 1. The van der Waals surface area contributed by atoms with Crippen LogP contribution < -0.4 is 5.73 Å². The summed E-state index contributed by atoms with van der Waals surface area (Å²) in [4.78, 5) is 15.1. The minimum atomic E-state index is -0.601. The first kappa shape index (κ1) is 15.2. The third-order valence-electron chi connectivity index (χ3n) is 8.04. The predicted octanol–water partition coefficient (Wildman–Crippen LogP) is 1.55. The van der Waals surface area contributed by atoms with Crippen LogP contribution in [0.1, 0.15) is 58.3 Å². The van der Waals surface area contributed by atoms with Crippen molar-refractivity contribution in [2.75, 3.05) is 0 Å². The molecule has 24 heavy (non-hydrogen) atoms. The van der Waals surface area contributed by atoms with Gasteiger partial charge in [-0.3, -0.25) is 4.79 Å². The van der Waals surface area contributed by atoms with E-state index in [1.807, 2.05) is 4.90 Å². The number of hydrogen-bond acceptors (Lipinski definition) is 4. The predicted molar refractivity (Wildman–Crippen MR) is 87.4 cm³/mol. The molecule has 2 unspecified atom stereocenters. The van der Waals surface area contributed by atoms with Gasteiger partial charge in [-0.2, -0.15) is 5.26 Å². The third-order valence-corrected chi connectivity index (χ3v) is 8.04. The Bertz CT molecular complexity index is 641. The van der Waals surface area contributed by atoms with Crippen LogP contribution in [0.5, 0.6) is 0 Å². The zero-order valence-electron chi connectivity index (χ0n) is 14.4. The lowest BCUT2D eigenvalue weighted by atomic mass is 9.46. The topological polar surface area (TPSA) is 90.4 Å². The van der Waals surface area contributed by atoms with E-state index in [-0.39, 0.29) is 28.8 Å². The molecule has 5 heteroatoms. The summed E-state index contributed by atoms with van der Waals surface area (Å²) in [5, 5.41) is 20.4. The van der Waals surface area contributed by atoms with Gasteiger partial charge in [0.25, 0.3) is 0 Å². The van der Waals surface area contributed by atoms with Gasteiger partial charge in [0.2, 0.25) is 5.91 Å². The molecule has 1 amide bonds. The van der Waals surface area contributed by atoms with Crippen molar-refractivity contribution in [1.82, 2.24) is 4.90 Å². The highest BCUT2D eigenvalue weighted by molar-refractivity contribution is 5.84. The number of carbonyl (C=O) groups is 1. The van der Waals surface area contributed by atoms with E-state index in [0.29, 0.717) is 18.3 Å². The van der Waals surface area contributed by atoms with Crippen molar-refractivity contribution >= 4 is 5.91 Å². The Hall–Kier alpha value is -1.12. The molecule has 6 rings (SSSR count). The molecule has 0 radical (unpaired) electrons. The molecular formula is C19H27N3O2. The van der Waals surface area contributed by atoms with Gasteiger partial charge in [0.05, 0.1) is 17.7 Å². The molecule has 6 fully saturated rings. The largest absolute Gasteiger partial charge is 0.390 e. The van der Waals surface area contributed by atoms with Gasteiger partial charge in [-0.15, -0.1) is 0 Å². The first-order valence-electron chi connectivity index (χ1n) is 9.47. The smallest absolute Gasteiger partial charge is 0.241 e. The number of piperidine rings is 1. The van der Waals surface area contributed by atoms with Gasteiger partial charge in [0, 0.05) is 6.04 Å². The van der Waals surface area contributed by atoms with Crippen LogP contribution in [0.3, 0.4) is 0 Å². The van der Waals surface area contributed by atoms with E-state index in [1.165, 1.54) is 6.42 Å². The Morgan fingerprint density at radius 2 is 1.92 bits per heavy atom. The number of aliphatic hydroxyl groups is 1. The number of nitrogens with two attached hydrogens (primary N) is 1. The Labute approximate surface area is 143 Å². The highest BCUT2D eigenvalue weighted by Gasteiger charge is 2.66. The van der Waals surface area contributed by atoms with Gasteiger partial charge in [-0.05, 0) is 74.0 Å². The van der Waals surface area contributed by atoms with E-state index in [0.717, 1.165) is 38.5 Å². The Kier molecular flexibility index (Phi) is 2.74. The maximum Gasteiger partial charge on any atom is 0.241 e. The Morgan fingerprint density at radius 1 is 1.25 bits per heavy atom. The molecule has 0 aromatic heterocycles. The molecule has 3 N–H and O–H groups in total. The Balaban J connectivity index is 1.43. The molecule has 4 bridgehead atoms. The second kappa shape index (κ2) is 4.34. The molecule has 130 valence electrons. The number of rotatable bonds is 2. The number of carbonyl (C=O) groups excluding carboxylic acids is 1. The van der Waals surface area contributed by atoms with Gasteiger partial charge in [0.15, 0.2) is 0 Å². The zero-order valence-corrected chi connectivity index (χ0v) is 14.4. The number of amides is 1. The van der Waals surface area contributed by atoms with Crippen LogP contribution in [0.4, 0.5) is 0 Å². The van der Waals surface area contributed by atoms with E-state index in [9.17, 15) is 15.2 Å². The summed E-state index contributed by atoms with van der Waals surface area (Å²) >= 11 is 0. The molecule has 5 nitrogen and oxygen atoms in total. The highest BCUT2D eigenvalue weighted by atomic mass is 16.3. The van der Waals surface area contributed by atoms with E-state index in [2.05, 4.69) is 13.0 Å². The standard InChI is InChI=1S/C19H27N3O2/c1-17-7-13(9-20)22(14(17)8-17)16(23)15(21)18-3-11-2-12(4-18)6-19(24,5-11)10-18/h11-15,24H,2-8,10,21H2,1H3/t11?,12?,13-,14-,15+,17+,18?,19?/m1/s1. The lowest BCUT2D eigenvalue weighted by Gasteiger charge is -2.61. The fourth-order valence-electron chi connectivity index (χ4n) is 7.28. The molecule has 1 saturated heterocycles. The monoisotopic (exact) mass is 329 g/mol. The minimum Gasteiger partial charge on any atom is -0.390 e. The fraction of sp³-hybridized carbons (Fsp3) is 0.895. The van der Waals surface area contributed by atoms with Gasteiger partial charge in [-0.1, -0.05) is 6.92 Å². The van der Waals surface area contributed by atoms with Crippen LogP contribution in [0, 0.1) is 34.0 Å². The average molecular weight is 329 g/mol. The molecule has 1 heterocycles. The van der Waals surface area contributed by atoms with E-state index in [4.69, 9.17) is 5.73 Å². The number of nitrogens with zero attached hydrogens (tertiary/aromatic N) is 2. The molecule has 6 atom stereocenters. The SMILES string of the molecule is C[C@@]12C[C@H](C#N)N(C(=O)[C@H](N)C34CC5CC(CC(O)(C5)C3)C4)[C@@H]1C2. The molecule has 1 aliphatic heterocycles. The summed E-state index contributed by atoms with van der Waals surface area (Å²) in [6, 6.07) is 1.65. The van der Waals surface area contributed by atoms with Crippen LogP contribution in [0.15, 0.2) is 0 Å². The van der Waals surface area contributed by atoms with Crippen molar-refractivity contribution in [3.8, 4) is 6.07 Å². The molecule has 6 aliphatic rings. The van der Waals surface area contributed by atoms with Gasteiger partial charge in [-0.25, -0.2) is 0 Å². The van der Waals surface area contributed by atoms with Crippen molar-refractivity contribution in [3.63, 3.8) is 0 Å². The lowest BCUT2D eigenvalue weighted by Crippen LogP contribution is -2.64. The molecule has 5 aliphatic carbocycles. The molecule has 5 saturated carbocycles. The van der Waals surface area contributed by atoms with Crippen LogP contribution >= 0.6 is 0 Å². The van der Waals surface area contributed by atoms with Crippen molar-refractivity contribution in [1.29, 1.82) is 5.26 Å². The number of nitriles is 1. The summed E-state index contributed by atoms with van der Waals surface area (Å²) in [6.45, 7) is 2.17. The third kappa shape index (κ3) is 1.84. The molecule has 0 spiro atoms. The van der Waals surface area contributed by atoms with Crippen LogP contribution in [0.25, 0.3) is 0 Å². The second-order valence-corrected chi connectivity index (χ2v) is 9.99. The second-order valence-electron chi connectivity index (χ2n) is 9.99. The molecule has 0 aromatic rings. The first-order chi connectivity index (χ1) is 11.3. The summed E-state index contributed by atoms with van der Waals surface area (Å²) in [5.41, 5.74) is 5.87. The minimum absolute atomic E-state index is 0.0293. The van der Waals surface area contributed by atoms with Crippen molar-refractivity contribution < 1.29 is 9.90 Å². The van der Waals surface area contributed by atoms with Gasteiger partial charge < -0.3 is 15.7 Å². The maximum absolute atomic E-state index is 13.3. The summed E-state index contributed by atoms with van der Waals surface area (Å²) in [7, 11) is 0. The van der Waals surface area contributed by atoms with E-state index >= 15 is 0 Å².